The highest BCUT2D eigenvalue weighted by atomic mass is 32.2. The van der Waals surface area contributed by atoms with Crippen LogP contribution in [0.3, 0.4) is 0 Å². The quantitative estimate of drug-likeness (QED) is 0.435. The van der Waals surface area contributed by atoms with E-state index in [4.69, 9.17) is 4.74 Å². The molecule has 2 rings (SSSR count). The molecule has 0 saturated heterocycles. The van der Waals surface area contributed by atoms with Gasteiger partial charge in [0.15, 0.2) is 0 Å². The first kappa shape index (κ1) is 29.2. The molecule has 0 radical (unpaired) electrons. The molecule has 8 nitrogen and oxygen atoms in total. The third-order valence-corrected chi connectivity index (χ3v) is 6.94. The molecule has 0 heterocycles. The lowest BCUT2D eigenvalue weighted by molar-refractivity contribution is -0.141. The second-order valence-electron chi connectivity index (χ2n) is 9.21. The van der Waals surface area contributed by atoms with Crippen LogP contribution in [0.2, 0.25) is 0 Å². The fraction of sp³-hybridized carbons (Fsp3) is 0.481. The molecule has 36 heavy (non-hydrogen) atoms. The predicted octanol–water partition coefficient (Wildman–Crippen LogP) is 3.88. The molecule has 0 fully saturated rings. The average Bonchev–Trinajstić information content (AvgIpc) is 2.80. The number of methoxy groups -OCH3 is 1. The largest absolute Gasteiger partial charge is 0.495 e. The zero-order valence-corrected chi connectivity index (χ0v) is 23.0. The normalized spacial score (nSPS) is 12.2. The third-order valence-electron chi connectivity index (χ3n) is 5.76. The maximum absolute atomic E-state index is 13.5. The Morgan fingerprint density at radius 1 is 1.08 bits per heavy atom. The first-order chi connectivity index (χ1) is 17.0. The maximum Gasteiger partial charge on any atom is 0.243 e. The number of ether oxygens (including phenoxy) is 1. The van der Waals surface area contributed by atoms with Crippen molar-refractivity contribution in [3.8, 4) is 5.75 Å². The number of para-hydroxylation sites is 2. The highest BCUT2D eigenvalue weighted by molar-refractivity contribution is 7.92. The second-order valence-corrected chi connectivity index (χ2v) is 11.1. The number of anilines is 1. The van der Waals surface area contributed by atoms with Crippen molar-refractivity contribution in [2.75, 3.05) is 24.2 Å². The van der Waals surface area contributed by atoms with Gasteiger partial charge in [-0.25, -0.2) is 8.42 Å². The number of amides is 2. The molecule has 0 aliphatic heterocycles. The number of rotatable bonds is 13. The van der Waals surface area contributed by atoms with E-state index in [9.17, 15) is 18.0 Å². The van der Waals surface area contributed by atoms with Crippen molar-refractivity contribution in [3.63, 3.8) is 0 Å². The Hall–Kier alpha value is -3.07. The van der Waals surface area contributed by atoms with Gasteiger partial charge in [0.05, 0.1) is 19.1 Å². The summed E-state index contributed by atoms with van der Waals surface area (Å²) in [6, 6.07) is 14.1. The van der Waals surface area contributed by atoms with E-state index in [-0.39, 0.29) is 37.2 Å². The molecule has 0 aliphatic rings. The van der Waals surface area contributed by atoms with E-state index in [1.54, 1.807) is 29.2 Å². The minimum Gasteiger partial charge on any atom is -0.495 e. The van der Waals surface area contributed by atoms with Crippen molar-refractivity contribution in [2.45, 2.75) is 65.6 Å². The van der Waals surface area contributed by atoms with Crippen LogP contribution in [0.4, 0.5) is 5.69 Å². The number of nitrogens with one attached hydrogen (secondary N) is 1. The summed E-state index contributed by atoms with van der Waals surface area (Å²) < 4.78 is 31.7. The van der Waals surface area contributed by atoms with Crippen LogP contribution >= 0.6 is 0 Å². The zero-order chi connectivity index (χ0) is 26.9. The molecule has 1 N–H and O–H groups in total. The first-order valence-corrected chi connectivity index (χ1v) is 14.1. The van der Waals surface area contributed by atoms with Crippen LogP contribution in [0.5, 0.6) is 5.75 Å². The number of sulfonamides is 1. The Labute approximate surface area is 215 Å². The molecule has 0 spiro atoms. The summed E-state index contributed by atoms with van der Waals surface area (Å²) in [5, 5.41) is 2.92. The molecule has 198 valence electrons. The molecule has 0 bridgehead atoms. The van der Waals surface area contributed by atoms with Gasteiger partial charge in [-0.2, -0.15) is 0 Å². The van der Waals surface area contributed by atoms with Gasteiger partial charge in [-0.15, -0.1) is 0 Å². The Balaban J connectivity index is 2.25. The topological polar surface area (TPSA) is 96.0 Å². The van der Waals surface area contributed by atoms with Gasteiger partial charge in [-0.1, -0.05) is 48.9 Å². The van der Waals surface area contributed by atoms with Crippen molar-refractivity contribution in [1.29, 1.82) is 0 Å². The fourth-order valence-electron chi connectivity index (χ4n) is 4.13. The smallest absolute Gasteiger partial charge is 0.243 e. The van der Waals surface area contributed by atoms with Crippen LogP contribution in [0, 0.1) is 6.92 Å². The number of benzene rings is 2. The van der Waals surface area contributed by atoms with E-state index in [1.807, 2.05) is 52.0 Å². The summed E-state index contributed by atoms with van der Waals surface area (Å²) in [6.45, 7) is 8.04. The number of carbonyl (C=O) groups is 2. The summed E-state index contributed by atoms with van der Waals surface area (Å²) in [5.74, 6) is 0.0442. The van der Waals surface area contributed by atoms with Crippen LogP contribution < -0.4 is 14.4 Å². The van der Waals surface area contributed by atoms with Crippen LogP contribution in [0.25, 0.3) is 0 Å². The van der Waals surface area contributed by atoms with Crippen LogP contribution in [-0.2, 0) is 26.2 Å². The van der Waals surface area contributed by atoms with E-state index in [0.717, 1.165) is 17.4 Å². The summed E-state index contributed by atoms with van der Waals surface area (Å²) in [7, 11) is -2.12. The number of carbonyl (C=O) groups excluding carboxylic acids is 2. The number of hydrogen-bond donors (Lipinski definition) is 1. The molecule has 0 saturated carbocycles. The lowest BCUT2D eigenvalue weighted by Crippen LogP contribution is -2.50. The summed E-state index contributed by atoms with van der Waals surface area (Å²) in [4.78, 5) is 28.0. The molecule has 2 aromatic rings. The molecular weight excluding hydrogens is 478 g/mol. The molecular formula is C27H39N3O5S. The van der Waals surface area contributed by atoms with Crippen molar-refractivity contribution >= 4 is 27.5 Å². The van der Waals surface area contributed by atoms with Crippen molar-refractivity contribution in [3.05, 3.63) is 59.7 Å². The van der Waals surface area contributed by atoms with Crippen molar-refractivity contribution in [1.82, 2.24) is 10.2 Å². The first-order valence-electron chi connectivity index (χ1n) is 12.2. The maximum atomic E-state index is 13.5. The summed E-state index contributed by atoms with van der Waals surface area (Å²) in [6.07, 6.45) is 1.98. The molecule has 0 aromatic heterocycles. The van der Waals surface area contributed by atoms with Gasteiger partial charge in [0.25, 0.3) is 0 Å². The number of nitrogens with zero attached hydrogens (tertiary/aromatic N) is 2. The minimum absolute atomic E-state index is 0.0494. The highest BCUT2D eigenvalue weighted by Gasteiger charge is 2.29. The molecule has 0 aliphatic carbocycles. The van der Waals surface area contributed by atoms with Crippen LogP contribution in [0.15, 0.2) is 48.5 Å². The van der Waals surface area contributed by atoms with Crippen LogP contribution in [0.1, 0.15) is 51.2 Å². The predicted molar refractivity (Wildman–Crippen MR) is 144 cm³/mol. The zero-order valence-electron chi connectivity index (χ0n) is 22.2. The van der Waals surface area contributed by atoms with Crippen molar-refractivity contribution < 1.29 is 22.7 Å². The highest BCUT2D eigenvalue weighted by Crippen LogP contribution is 2.29. The van der Waals surface area contributed by atoms with Gasteiger partial charge >= 0.3 is 0 Å². The Morgan fingerprint density at radius 2 is 1.78 bits per heavy atom. The molecule has 2 aromatic carbocycles. The van der Waals surface area contributed by atoms with Crippen LogP contribution in [-0.4, -0.2) is 57.1 Å². The van der Waals surface area contributed by atoms with E-state index in [2.05, 4.69) is 5.32 Å². The van der Waals surface area contributed by atoms with E-state index < -0.39 is 16.1 Å². The van der Waals surface area contributed by atoms with Gasteiger partial charge in [-0.05, 0) is 51.3 Å². The third kappa shape index (κ3) is 8.26. The average molecular weight is 518 g/mol. The molecule has 1 unspecified atom stereocenters. The molecule has 1 atom stereocenters. The fourth-order valence-corrected chi connectivity index (χ4v) is 5.09. The minimum atomic E-state index is -3.61. The van der Waals surface area contributed by atoms with Gasteiger partial charge in [-0.3, -0.25) is 13.9 Å². The SMILES string of the molecule is CCC(C(=O)NC(C)C)N(Cc1cccc(C)c1)C(=O)CCCN(c1ccccc1OC)S(C)(=O)=O. The lowest BCUT2D eigenvalue weighted by atomic mass is 10.1. The monoisotopic (exact) mass is 517 g/mol. The van der Waals surface area contributed by atoms with Gasteiger partial charge in [0.1, 0.15) is 11.8 Å². The summed E-state index contributed by atoms with van der Waals surface area (Å²) in [5.41, 5.74) is 2.43. The van der Waals surface area contributed by atoms with Crippen molar-refractivity contribution in [2.24, 2.45) is 0 Å². The van der Waals surface area contributed by atoms with Gasteiger partial charge < -0.3 is 15.0 Å². The Bertz CT molecular complexity index is 1130. The molecule has 9 heteroatoms. The van der Waals surface area contributed by atoms with E-state index in [0.29, 0.717) is 24.4 Å². The summed E-state index contributed by atoms with van der Waals surface area (Å²) >= 11 is 0. The number of hydrogen-bond acceptors (Lipinski definition) is 5. The number of aryl methyl sites for hydroxylation is 1. The van der Waals surface area contributed by atoms with Gasteiger partial charge in [0, 0.05) is 25.6 Å². The second kappa shape index (κ2) is 13.3. The van der Waals surface area contributed by atoms with Gasteiger partial charge in [0.2, 0.25) is 21.8 Å². The standard InChI is InChI=1S/C27H39N3O5S/c1-7-23(27(32)28-20(2)3)29(19-22-13-10-12-21(4)18-22)26(31)16-11-17-30(36(6,33)34)24-14-8-9-15-25(24)35-5/h8-10,12-15,18,20,23H,7,11,16-17,19H2,1-6H3,(H,28,32). The Kier molecular flexibility index (Phi) is 10.8. The Morgan fingerprint density at radius 3 is 2.36 bits per heavy atom. The molecule has 2 amide bonds. The van der Waals surface area contributed by atoms with E-state index in [1.165, 1.54) is 11.4 Å². The van der Waals surface area contributed by atoms with E-state index >= 15 is 0 Å². The lowest BCUT2D eigenvalue weighted by Gasteiger charge is -2.31.